The fourth-order valence-electron chi connectivity index (χ4n) is 1.99. The Morgan fingerprint density at radius 1 is 1.35 bits per heavy atom. The molecule has 1 aromatic carbocycles. The van der Waals surface area contributed by atoms with Crippen molar-refractivity contribution in [2.45, 2.75) is 13.0 Å². The van der Waals surface area contributed by atoms with Gasteiger partial charge in [0.2, 0.25) is 5.88 Å². The van der Waals surface area contributed by atoms with E-state index in [-0.39, 0.29) is 6.04 Å². The van der Waals surface area contributed by atoms with Gasteiger partial charge >= 0.3 is 0 Å². The molecule has 0 bridgehead atoms. The molecule has 4 nitrogen and oxygen atoms in total. The minimum atomic E-state index is -0.173. The highest BCUT2D eigenvalue weighted by molar-refractivity contribution is 9.10. The molecule has 1 atom stereocenters. The van der Waals surface area contributed by atoms with Gasteiger partial charge in [-0.1, -0.05) is 34.5 Å². The highest BCUT2D eigenvalue weighted by atomic mass is 79.9. The number of rotatable bonds is 5. The Morgan fingerprint density at radius 3 is 2.80 bits per heavy atom. The van der Waals surface area contributed by atoms with Crippen LogP contribution in [0.15, 0.2) is 35.1 Å². The van der Waals surface area contributed by atoms with Crippen LogP contribution < -0.4 is 10.1 Å². The molecule has 0 aliphatic heterocycles. The normalized spacial score (nSPS) is 12.2. The molecule has 6 heteroatoms. The zero-order chi connectivity index (χ0) is 14.5. The molecule has 2 rings (SSSR count). The molecule has 0 saturated heterocycles. The summed E-state index contributed by atoms with van der Waals surface area (Å²) in [5, 5.41) is 4.04. The monoisotopic (exact) mass is 355 g/mol. The molecule has 1 unspecified atom stereocenters. The molecular formula is C14H15BrClN3O. The van der Waals surface area contributed by atoms with Crippen LogP contribution in [0, 0.1) is 0 Å². The highest BCUT2D eigenvalue weighted by Gasteiger charge is 2.22. The van der Waals surface area contributed by atoms with Crippen LogP contribution in [0.4, 0.5) is 0 Å². The van der Waals surface area contributed by atoms with Gasteiger partial charge in [0.25, 0.3) is 0 Å². The van der Waals surface area contributed by atoms with E-state index >= 15 is 0 Å². The standard InChI is InChI=1S/C14H15BrClN3O/c1-3-17-12(10-8-9(15)4-5-11(10)16)13-14(20-2)19-7-6-18-13/h4-8,12,17H,3H2,1-2H3. The minimum absolute atomic E-state index is 0.173. The average Bonchev–Trinajstić information content (AvgIpc) is 2.47. The van der Waals surface area contributed by atoms with Crippen molar-refractivity contribution in [2.24, 2.45) is 0 Å². The molecule has 0 amide bonds. The van der Waals surface area contributed by atoms with Crippen LogP contribution in [0.5, 0.6) is 5.88 Å². The zero-order valence-corrected chi connectivity index (χ0v) is 13.6. The van der Waals surface area contributed by atoms with Gasteiger partial charge < -0.3 is 10.1 Å². The summed E-state index contributed by atoms with van der Waals surface area (Å²) in [6.45, 7) is 2.80. The third-order valence-electron chi connectivity index (χ3n) is 2.84. The quantitative estimate of drug-likeness (QED) is 0.889. The van der Waals surface area contributed by atoms with Gasteiger partial charge in [-0.15, -0.1) is 0 Å². The van der Waals surface area contributed by atoms with Crippen LogP contribution in [0.25, 0.3) is 0 Å². The zero-order valence-electron chi connectivity index (χ0n) is 11.2. The Kier molecular flexibility index (Phi) is 5.34. The Bertz CT molecular complexity index is 594. The molecule has 20 heavy (non-hydrogen) atoms. The Labute approximate surface area is 131 Å². The van der Waals surface area contributed by atoms with Crippen molar-refractivity contribution in [1.82, 2.24) is 15.3 Å². The van der Waals surface area contributed by atoms with E-state index in [9.17, 15) is 0 Å². The summed E-state index contributed by atoms with van der Waals surface area (Å²) >= 11 is 9.79. The molecule has 2 aromatic rings. The van der Waals surface area contributed by atoms with Gasteiger partial charge in [0.15, 0.2) is 0 Å². The summed E-state index contributed by atoms with van der Waals surface area (Å²) in [4.78, 5) is 8.59. The number of benzene rings is 1. The second-order valence-corrected chi connectivity index (χ2v) is 5.43. The van der Waals surface area contributed by atoms with Crippen molar-refractivity contribution in [3.8, 4) is 5.88 Å². The lowest BCUT2D eigenvalue weighted by Gasteiger charge is -2.20. The molecule has 1 aromatic heterocycles. The number of aromatic nitrogens is 2. The van der Waals surface area contributed by atoms with Crippen molar-refractivity contribution in [2.75, 3.05) is 13.7 Å². The number of methoxy groups -OCH3 is 1. The maximum atomic E-state index is 6.32. The van der Waals surface area contributed by atoms with Crippen LogP contribution in [-0.2, 0) is 0 Å². The smallest absolute Gasteiger partial charge is 0.237 e. The topological polar surface area (TPSA) is 47.0 Å². The number of nitrogens with zero attached hydrogens (tertiary/aromatic N) is 2. The van der Waals surface area contributed by atoms with Crippen molar-refractivity contribution in [3.63, 3.8) is 0 Å². The molecule has 0 aliphatic rings. The second-order valence-electron chi connectivity index (χ2n) is 4.11. The molecule has 0 fully saturated rings. The third-order valence-corrected chi connectivity index (χ3v) is 3.67. The van der Waals surface area contributed by atoms with Crippen LogP contribution in [-0.4, -0.2) is 23.6 Å². The van der Waals surface area contributed by atoms with E-state index < -0.39 is 0 Å². The number of hydrogen-bond donors (Lipinski definition) is 1. The van der Waals surface area contributed by atoms with Gasteiger partial charge in [-0.3, -0.25) is 4.98 Å². The van der Waals surface area contributed by atoms with E-state index in [1.165, 1.54) is 0 Å². The van der Waals surface area contributed by atoms with Gasteiger partial charge in [-0.25, -0.2) is 4.98 Å². The maximum Gasteiger partial charge on any atom is 0.237 e. The van der Waals surface area contributed by atoms with Gasteiger partial charge in [0.1, 0.15) is 5.69 Å². The third kappa shape index (κ3) is 3.29. The molecule has 1 heterocycles. The minimum Gasteiger partial charge on any atom is -0.480 e. The van der Waals surface area contributed by atoms with E-state index in [2.05, 4.69) is 31.2 Å². The van der Waals surface area contributed by atoms with Crippen LogP contribution in [0.2, 0.25) is 5.02 Å². The predicted octanol–water partition coefficient (Wildman–Crippen LogP) is 3.60. The lowest BCUT2D eigenvalue weighted by molar-refractivity contribution is 0.383. The summed E-state index contributed by atoms with van der Waals surface area (Å²) < 4.78 is 6.26. The molecule has 106 valence electrons. The van der Waals surface area contributed by atoms with Crippen molar-refractivity contribution in [1.29, 1.82) is 0 Å². The fourth-order valence-corrected chi connectivity index (χ4v) is 2.59. The van der Waals surface area contributed by atoms with Gasteiger partial charge in [-0.2, -0.15) is 0 Å². The van der Waals surface area contributed by atoms with Crippen molar-refractivity contribution < 1.29 is 4.74 Å². The second kappa shape index (κ2) is 7.02. The molecule has 0 saturated carbocycles. The summed E-state index contributed by atoms with van der Waals surface area (Å²) in [6, 6.07) is 5.56. The van der Waals surface area contributed by atoms with E-state index in [1.807, 2.05) is 25.1 Å². The van der Waals surface area contributed by atoms with Crippen molar-refractivity contribution >= 4 is 27.5 Å². The Hall–Kier alpha value is -1.17. The molecule has 0 aliphatic carbocycles. The number of ether oxygens (including phenoxy) is 1. The number of halogens is 2. The summed E-state index contributed by atoms with van der Waals surface area (Å²) in [7, 11) is 1.58. The maximum absolute atomic E-state index is 6.32. The van der Waals surface area contributed by atoms with Crippen LogP contribution in [0.1, 0.15) is 24.2 Å². The largest absolute Gasteiger partial charge is 0.480 e. The predicted molar refractivity (Wildman–Crippen MR) is 83.3 cm³/mol. The molecule has 1 N–H and O–H groups in total. The first-order valence-electron chi connectivity index (χ1n) is 6.20. The summed E-state index contributed by atoms with van der Waals surface area (Å²) in [5.74, 6) is 0.495. The molecule has 0 radical (unpaired) electrons. The average molecular weight is 357 g/mol. The summed E-state index contributed by atoms with van der Waals surface area (Å²) in [6.07, 6.45) is 3.25. The highest BCUT2D eigenvalue weighted by Crippen LogP contribution is 2.32. The SMILES string of the molecule is CCNC(c1cc(Br)ccc1Cl)c1nccnc1OC. The van der Waals surface area contributed by atoms with Crippen LogP contribution in [0.3, 0.4) is 0 Å². The first-order chi connectivity index (χ1) is 9.67. The van der Waals surface area contributed by atoms with E-state index in [1.54, 1.807) is 19.5 Å². The van der Waals surface area contributed by atoms with Gasteiger partial charge in [0.05, 0.1) is 13.2 Å². The first kappa shape index (κ1) is 15.2. The lowest BCUT2D eigenvalue weighted by atomic mass is 10.0. The van der Waals surface area contributed by atoms with Crippen molar-refractivity contribution in [3.05, 3.63) is 51.3 Å². The van der Waals surface area contributed by atoms with Gasteiger partial charge in [0, 0.05) is 21.9 Å². The fraction of sp³-hybridized carbons (Fsp3) is 0.286. The number of nitrogens with one attached hydrogen (secondary N) is 1. The first-order valence-corrected chi connectivity index (χ1v) is 7.37. The Balaban J connectivity index is 2.53. The Morgan fingerprint density at radius 2 is 2.10 bits per heavy atom. The summed E-state index contributed by atoms with van der Waals surface area (Å²) in [5.41, 5.74) is 1.65. The van der Waals surface area contributed by atoms with E-state index in [0.717, 1.165) is 22.3 Å². The van der Waals surface area contributed by atoms with Gasteiger partial charge in [-0.05, 0) is 30.3 Å². The van der Waals surface area contributed by atoms with E-state index in [4.69, 9.17) is 16.3 Å². The molecular weight excluding hydrogens is 342 g/mol. The lowest BCUT2D eigenvalue weighted by Crippen LogP contribution is -2.24. The molecule has 0 spiro atoms. The number of hydrogen-bond acceptors (Lipinski definition) is 4. The van der Waals surface area contributed by atoms with Crippen LogP contribution >= 0.6 is 27.5 Å². The van der Waals surface area contributed by atoms with E-state index in [0.29, 0.717) is 10.9 Å².